The van der Waals surface area contributed by atoms with Crippen molar-refractivity contribution in [3.8, 4) is 11.5 Å². The van der Waals surface area contributed by atoms with Gasteiger partial charge in [-0.05, 0) is 37.6 Å². The zero-order valence-corrected chi connectivity index (χ0v) is 22.8. The van der Waals surface area contributed by atoms with Crippen molar-refractivity contribution in [1.29, 1.82) is 0 Å². The Kier molecular flexibility index (Phi) is 6.96. The second-order valence-electron chi connectivity index (χ2n) is 8.83. The number of amides is 1. The molecule has 0 N–H and O–H groups in total. The van der Waals surface area contributed by atoms with E-state index in [9.17, 15) is 14.4 Å². The van der Waals surface area contributed by atoms with Crippen molar-refractivity contribution >= 4 is 34.5 Å². The number of anilines is 1. The zero-order chi connectivity index (χ0) is 27.8. The second-order valence-corrected chi connectivity index (χ2v) is 9.81. The fourth-order valence-corrected chi connectivity index (χ4v) is 6.13. The molecular weight excluding hydrogens is 518 g/mol. The van der Waals surface area contributed by atoms with Crippen molar-refractivity contribution in [3.05, 3.63) is 97.2 Å². The van der Waals surface area contributed by atoms with Gasteiger partial charge in [0.05, 0.1) is 49.4 Å². The highest BCUT2D eigenvalue weighted by Gasteiger charge is 2.37. The number of hydrogen-bond acceptors (Lipinski definition) is 8. The number of ether oxygens (including phenoxy) is 3. The molecule has 2 aromatic carbocycles. The monoisotopic (exact) mass is 545 g/mol. The average molecular weight is 546 g/mol. The molecular formula is C29H27N3O6S. The predicted octanol–water partition coefficient (Wildman–Crippen LogP) is 2.72. The molecule has 1 atom stereocenters. The minimum Gasteiger partial charge on any atom is -0.493 e. The summed E-state index contributed by atoms with van der Waals surface area (Å²) in [6.45, 7) is 7.66. The van der Waals surface area contributed by atoms with Gasteiger partial charge in [0.25, 0.3) is 11.5 Å². The van der Waals surface area contributed by atoms with E-state index < -0.39 is 17.6 Å². The summed E-state index contributed by atoms with van der Waals surface area (Å²) >= 11 is 1.12. The van der Waals surface area contributed by atoms with Gasteiger partial charge >= 0.3 is 5.97 Å². The van der Waals surface area contributed by atoms with Crippen molar-refractivity contribution in [1.82, 2.24) is 4.57 Å². The van der Waals surface area contributed by atoms with E-state index in [1.807, 2.05) is 24.3 Å². The molecule has 2 aliphatic rings. The van der Waals surface area contributed by atoms with Gasteiger partial charge in [0.15, 0.2) is 16.3 Å². The normalized spacial score (nSPS) is 17.4. The molecule has 9 nitrogen and oxygen atoms in total. The number of hydrogen-bond donors (Lipinski definition) is 0. The Hall–Kier alpha value is -4.44. The van der Waals surface area contributed by atoms with E-state index in [2.05, 4.69) is 11.6 Å². The van der Waals surface area contributed by atoms with E-state index in [0.29, 0.717) is 50.9 Å². The van der Waals surface area contributed by atoms with Crippen LogP contribution >= 0.6 is 11.3 Å². The van der Waals surface area contributed by atoms with Gasteiger partial charge < -0.3 is 19.1 Å². The molecule has 2 aliphatic heterocycles. The van der Waals surface area contributed by atoms with Crippen molar-refractivity contribution in [2.24, 2.45) is 4.99 Å². The lowest BCUT2D eigenvalue weighted by atomic mass is 9.95. The van der Waals surface area contributed by atoms with E-state index in [4.69, 9.17) is 14.2 Å². The maximum absolute atomic E-state index is 14.2. The molecule has 3 aromatic rings. The largest absolute Gasteiger partial charge is 0.493 e. The summed E-state index contributed by atoms with van der Waals surface area (Å²) in [5, 5.41) is 0. The number of fused-ring (bicyclic) bond motifs is 2. The van der Waals surface area contributed by atoms with Crippen LogP contribution < -0.4 is 29.3 Å². The highest BCUT2D eigenvalue weighted by Crippen LogP contribution is 2.37. The molecule has 0 fully saturated rings. The Morgan fingerprint density at radius 2 is 1.87 bits per heavy atom. The van der Waals surface area contributed by atoms with Gasteiger partial charge in [-0.2, -0.15) is 0 Å². The second kappa shape index (κ2) is 10.4. The summed E-state index contributed by atoms with van der Waals surface area (Å²) < 4.78 is 18.0. The van der Waals surface area contributed by atoms with Crippen LogP contribution in [0.3, 0.4) is 0 Å². The third kappa shape index (κ3) is 4.17. The summed E-state index contributed by atoms with van der Waals surface area (Å²) in [5.41, 5.74) is 2.53. The van der Waals surface area contributed by atoms with E-state index >= 15 is 0 Å². The number of allylic oxidation sites excluding steroid dienone is 1. The van der Waals surface area contributed by atoms with Crippen LogP contribution in [0.4, 0.5) is 5.69 Å². The van der Waals surface area contributed by atoms with E-state index in [0.717, 1.165) is 11.3 Å². The Morgan fingerprint density at radius 3 is 2.56 bits per heavy atom. The number of thiazole rings is 1. The molecule has 200 valence electrons. The lowest BCUT2D eigenvalue weighted by molar-refractivity contribution is -0.139. The Balaban J connectivity index is 1.82. The highest BCUT2D eigenvalue weighted by atomic mass is 32.1. The maximum Gasteiger partial charge on any atom is 0.338 e. The minimum absolute atomic E-state index is 0.160. The van der Waals surface area contributed by atoms with Crippen LogP contribution in [0, 0.1) is 0 Å². The summed E-state index contributed by atoms with van der Waals surface area (Å²) in [6, 6.07) is 11.7. The van der Waals surface area contributed by atoms with Crippen molar-refractivity contribution < 1.29 is 23.8 Å². The first kappa shape index (κ1) is 26.2. The van der Waals surface area contributed by atoms with E-state index in [1.54, 1.807) is 43.0 Å². The Bertz CT molecular complexity index is 1730. The Morgan fingerprint density at radius 1 is 1.13 bits per heavy atom. The van der Waals surface area contributed by atoms with Crippen molar-refractivity contribution in [2.75, 3.05) is 32.3 Å². The average Bonchev–Trinajstić information content (AvgIpc) is 3.40. The smallest absolute Gasteiger partial charge is 0.338 e. The quantitative estimate of drug-likeness (QED) is 0.335. The first-order valence-corrected chi connectivity index (χ1v) is 13.1. The third-order valence-corrected chi connectivity index (χ3v) is 7.73. The van der Waals surface area contributed by atoms with Crippen LogP contribution in [0.25, 0.3) is 5.57 Å². The summed E-state index contributed by atoms with van der Waals surface area (Å²) in [4.78, 5) is 47.6. The lowest BCUT2D eigenvalue weighted by Gasteiger charge is -2.25. The molecule has 0 saturated heterocycles. The Labute approximate surface area is 228 Å². The fourth-order valence-electron chi connectivity index (χ4n) is 4.99. The topological polar surface area (TPSA) is 99.4 Å². The SMILES string of the molecule is C=CCN1C(=O)/C(=c2\sc3n(c2=O)[C@@H](c2ccc(OC)c(OC)c2)C(C(=O)OCC)=C(C)N=3)c2ccccc21. The first-order chi connectivity index (χ1) is 18.9. The number of nitrogens with zero attached hydrogens (tertiary/aromatic N) is 3. The molecule has 1 aromatic heterocycles. The van der Waals surface area contributed by atoms with Gasteiger partial charge in [-0.3, -0.25) is 14.2 Å². The highest BCUT2D eigenvalue weighted by molar-refractivity contribution is 7.07. The molecule has 0 spiro atoms. The van der Waals surface area contributed by atoms with Gasteiger partial charge in [0.2, 0.25) is 0 Å². The molecule has 5 rings (SSSR count). The number of carbonyl (C=O) groups excluding carboxylic acids is 2. The molecule has 0 unspecified atom stereocenters. The van der Waals surface area contributed by atoms with Gasteiger partial charge in [-0.15, -0.1) is 6.58 Å². The number of para-hydroxylation sites is 1. The molecule has 0 aliphatic carbocycles. The summed E-state index contributed by atoms with van der Waals surface area (Å²) in [5.74, 6) is 0.0868. The number of methoxy groups -OCH3 is 2. The van der Waals surface area contributed by atoms with Crippen LogP contribution in [0.2, 0.25) is 0 Å². The zero-order valence-electron chi connectivity index (χ0n) is 22.0. The lowest BCUT2D eigenvalue weighted by Crippen LogP contribution is -2.41. The van der Waals surface area contributed by atoms with Gasteiger partial charge in [0.1, 0.15) is 4.53 Å². The van der Waals surface area contributed by atoms with Crippen LogP contribution in [0.1, 0.15) is 31.0 Å². The predicted molar refractivity (Wildman–Crippen MR) is 148 cm³/mol. The summed E-state index contributed by atoms with van der Waals surface area (Å²) in [6.07, 6.45) is 1.64. The first-order valence-electron chi connectivity index (χ1n) is 12.3. The number of aromatic nitrogens is 1. The standard InChI is InChI=1S/C29H27N3O6S/c1-6-14-31-19-11-9-8-10-18(19)23(26(31)33)25-27(34)32-24(17-12-13-20(36-4)21(15-17)37-5)22(28(35)38-7-2)16(3)30-29(32)39-25/h6,8-13,15,24H,1,7,14H2,2-5H3/b25-23-/t24-/m0/s1. The molecule has 10 heteroatoms. The van der Waals surface area contributed by atoms with Gasteiger partial charge in [-0.25, -0.2) is 9.79 Å². The molecule has 3 heterocycles. The number of carbonyl (C=O) groups is 2. The fraction of sp³-hybridized carbons (Fsp3) is 0.241. The minimum atomic E-state index is -0.856. The molecule has 0 saturated carbocycles. The van der Waals surface area contributed by atoms with Crippen LogP contribution in [0.5, 0.6) is 11.5 Å². The molecule has 39 heavy (non-hydrogen) atoms. The van der Waals surface area contributed by atoms with Crippen LogP contribution in [-0.4, -0.2) is 43.8 Å². The van der Waals surface area contributed by atoms with Crippen molar-refractivity contribution in [2.45, 2.75) is 19.9 Å². The number of esters is 1. The summed E-state index contributed by atoms with van der Waals surface area (Å²) in [7, 11) is 3.04. The molecule has 1 amide bonds. The maximum atomic E-state index is 14.2. The van der Waals surface area contributed by atoms with Crippen LogP contribution in [0.15, 0.2) is 76.2 Å². The van der Waals surface area contributed by atoms with Crippen molar-refractivity contribution in [3.63, 3.8) is 0 Å². The molecule has 0 radical (unpaired) electrons. The number of rotatable bonds is 7. The van der Waals surface area contributed by atoms with Crippen LogP contribution in [-0.2, 0) is 14.3 Å². The van der Waals surface area contributed by atoms with E-state index in [1.165, 1.54) is 18.8 Å². The van der Waals surface area contributed by atoms with Gasteiger partial charge in [-0.1, -0.05) is 41.7 Å². The molecule has 0 bridgehead atoms. The van der Waals surface area contributed by atoms with E-state index in [-0.39, 0.29) is 22.6 Å². The third-order valence-electron chi connectivity index (χ3n) is 6.68. The van der Waals surface area contributed by atoms with Gasteiger partial charge in [0, 0.05) is 12.1 Å². The number of benzene rings is 2.